The van der Waals surface area contributed by atoms with Crippen LogP contribution in [0.1, 0.15) is 12.8 Å². The summed E-state index contributed by atoms with van der Waals surface area (Å²) in [4.78, 5) is 5.56. The minimum atomic E-state index is 0.561. The van der Waals surface area contributed by atoms with E-state index in [4.69, 9.17) is 6.42 Å². The summed E-state index contributed by atoms with van der Waals surface area (Å²) in [6.07, 6.45) is 9.65. The lowest BCUT2D eigenvalue weighted by Crippen LogP contribution is -2.39. The van der Waals surface area contributed by atoms with Crippen LogP contribution in [0.5, 0.6) is 0 Å². The number of terminal acetylenes is 1. The topological polar surface area (TPSA) is 31.1 Å². The largest absolute Gasteiger partial charge is 0.382 e. The third-order valence-corrected chi connectivity index (χ3v) is 3.83. The van der Waals surface area contributed by atoms with E-state index in [2.05, 4.69) is 45.4 Å². The van der Waals surface area contributed by atoms with E-state index in [1.54, 1.807) is 0 Å². The van der Waals surface area contributed by atoms with E-state index in [0.29, 0.717) is 6.04 Å². The van der Waals surface area contributed by atoms with E-state index < -0.39 is 0 Å². The number of aromatic amines is 1. The molecule has 3 rings (SSSR count). The Morgan fingerprint density at radius 2 is 2.16 bits per heavy atom. The average Bonchev–Trinajstić information content (AvgIpc) is 2.89. The standard InChI is InChI=1S/C16H19N3/c1-2-9-19-10-6-14(7-11-19)18-15-3-4-16-13(12-15)5-8-17-16/h1,3-5,8,12,14,17-18H,6-7,9-11H2. The summed E-state index contributed by atoms with van der Waals surface area (Å²) in [6, 6.07) is 9.15. The minimum Gasteiger partial charge on any atom is -0.382 e. The van der Waals surface area contributed by atoms with Crippen molar-refractivity contribution in [1.29, 1.82) is 0 Å². The molecule has 3 nitrogen and oxygen atoms in total. The van der Waals surface area contributed by atoms with Gasteiger partial charge in [-0.3, -0.25) is 4.90 Å². The van der Waals surface area contributed by atoms with Gasteiger partial charge in [0.2, 0.25) is 0 Å². The molecule has 1 aliphatic heterocycles. The number of aromatic nitrogens is 1. The van der Waals surface area contributed by atoms with E-state index in [1.165, 1.54) is 16.6 Å². The van der Waals surface area contributed by atoms with E-state index in [9.17, 15) is 0 Å². The van der Waals surface area contributed by atoms with Crippen LogP contribution in [0.3, 0.4) is 0 Å². The fourth-order valence-corrected chi connectivity index (χ4v) is 2.74. The summed E-state index contributed by atoms with van der Waals surface area (Å²) >= 11 is 0. The highest BCUT2D eigenvalue weighted by atomic mass is 15.1. The zero-order chi connectivity index (χ0) is 13.1. The van der Waals surface area contributed by atoms with Crippen molar-refractivity contribution >= 4 is 16.6 Å². The molecule has 0 aliphatic carbocycles. The van der Waals surface area contributed by atoms with Gasteiger partial charge in [0, 0.05) is 41.9 Å². The van der Waals surface area contributed by atoms with Crippen molar-refractivity contribution in [2.75, 3.05) is 25.0 Å². The second-order valence-corrected chi connectivity index (χ2v) is 5.18. The smallest absolute Gasteiger partial charge is 0.0598 e. The second-order valence-electron chi connectivity index (χ2n) is 5.18. The van der Waals surface area contributed by atoms with Gasteiger partial charge in [-0.05, 0) is 37.1 Å². The van der Waals surface area contributed by atoms with Gasteiger partial charge in [0.25, 0.3) is 0 Å². The summed E-state index contributed by atoms with van der Waals surface area (Å²) in [6.45, 7) is 2.96. The molecule has 1 saturated heterocycles. The predicted octanol–water partition coefficient (Wildman–Crippen LogP) is 2.68. The van der Waals surface area contributed by atoms with Gasteiger partial charge in [-0.25, -0.2) is 0 Å². The number of likely N-dealkylation sites (tertiary alicyclic amines) is 1. The number of anilines is 1. The lowest BCUT2D eigenvalue weighted by molar-refractivity contribution is 0.243. The number of benzene rings is 1. The summed E-state index contributed by atoms with van der Waals surface area (Å²) < 4.78 is 0. The molecule has 0 spiro atoms. The quantitative estimate of drug-likeness (QED) is 0.824. The lowest BCUT2D eigenvalue weighted by atomic mass is 10.0. The first-order chi connectivity index (χ1) is 9.35. The van der Waals surface area contributed by atoms with Gasteiger partial charge in [0.05, 0.1) is 6.54 Å². The second kappa shape index (κ2) is 5.38. The Morgan fingerprint density at radius 1 is 1.32 bits per heavy atom. The number of nitrogens with one attached hydrogen (secondary N) is 2. The van der Waals surface area contributed by atoms with E-state index in [0.717, 1.165) is 32.5 Å². The van der Waals surface area contributed by atoms with Crippen molar-refractivity contribution in [3.05, 3.63) is 30.5 Å². The molecular formula is C16H19N3. The van der Waals surface area contributed by atoms with Crippen LogP contribution in [-0.2, 0) is 0 Å². The third-order valence-electron chi connectivity index (χ3n) is 3.83. The van der Waals surface area contributed by atoms with Crippen LogP contribution in [0.25, 0.3) is 10.9 Å². The zero-order valence-corrected chi connectivity index (χ0v) is 11.0. The molecule has 0 amide bonds. The van der Waals surface area contributed by atoms with Gasteiger partial charge in [-0.1, -0.05) is 5.92 Å². The van der Waals surface area contributed by atoms with Gasteiger partial charge in [-0.15, -0.1) is 6.42 Å². The molecule has 0 unspecified atom stereocenters. The molecule has 19 heavy (non-hydrogen) atoms. The highest BCUT2D eigenvalue weighted by molar-refractivity contribution is 5.83. The molecule has 0 radical (unpaired) electrons. The SMILES string of the molecule is C#CCN1CCC(Nc2ccc3[nH]ccc3c2)CC1. The summed E-state index contributed by atoms with van der Waals surface area (Å²) in [5, 5.41) is 4.89. The van der Waals surface area contributed by atoms with Crippen LogP contribution in [0, 0.1) is 12.3 Å². The fourth-order valence-electron chi connectivity index (χ4n) is 2.74. The van der Waals surface area contributed by atoms with Crippen LogP contribution in [0.15, 0.2) is 30.5 Å². The van der Waals surface area contributed by atoms with Crippen molar-refractivity contribution < 1.29 is 0 Å². The van der Waals surface area contributed by atoms with Crippen molar-refractivity contribution in [3.8, 4) is 12.3 Å². The lowest BCUT2D eigenvalue weighted by Gasteiger charge is -2.31. The number of fused-ring (bicyclic) bond motifs is 1. The Morgan fingerprint density at radius 3 is 2.95 bits per heavy atom. The van der Waals surface area contributed by atoms with E-state index in [-0.39, 0.29) is 0 Å². The Bertz CT molecular complexity index is 585. The number of nitrogens with zero attached hydrogens (tertiary/aromatic N) is 1. The molecule has 1 aliphatic rings. The number of rotatable bonds is 3. The van der Waals surface area contributed by atoms with E-state index >= 15 is 0 Å². The zero-order valence-electron chi connectivity index (χ0n) is 11.0. The molecule has 1 fully saturated rings. The average molecular weight is 253 g/mol. The molecule has 0 saturated carbocycles. The minimum absolute atomic E-state index is 0.561. The van der Waals surface area contributed by atoms with Crippen LogP contribution >= 0.6 is 0 Å². The van der Waals surface area contributed by atoms with Crippen molar-refractivity contribution in [2.45, 2.75) is 18.9 Å². The Hall–Kier alpha value is -1.92. The summed E-state index contributed by atoms with van der Waals surface area (Å²) in [7, 11) is 0. The molecule has 1 aromatic heterocycles. The molecule has 2 aromatic rings. The van der Waals surface area contributed by atoms with Crippen molar-refractivity contribution in [3.63, 3.8) is 0 Å². The van der Waals surface area contributed by atoms with Gasteiger partial charge in [0.1, 0.15) is 0 Å². The van der Waals surface area contributed by atoms with Gasteiger partial charge in [0.15, 0.2) is 0 Å². The maximum Gasteiger partial charge on any atom is 0.0598 e. The Kier molecular flexibility index (Phi) is 3.43. The third kappa shape index (κ3) is 2.74. The highest BCUT2D eigenvalue weighted by Crippen LogP contribution is 2.21. The maximum absolute atomic E-state index is 5.35. The first-order valence-corrected chi connectivity index (χ1v) is 6.84. The monoisotopic (exact) mass is 253 g/mol. The fraction of sp³-hybridized carbons (Fsp3) is 0.375. The molecular weight excluding hydrogens is 234 g/mol. The molecule has 2 heterocycles. The van der Waals surface area contributed by atoms with Crippen LogP contribution in [0.4, 0.5) is 5.69 Å². The molecule has 1 aromatic carbocycles. The van der Waals surface area contributed by atoms with E-state index in [1.807, 2.05) is 6.20 Å². The number of piperidine rings is 1. The molecule has 98 valence electrons. The normalized spacial score (nSPS) is 17.4. The van der Waals surface area contributed by atoms with Crippen LogP contribution < -0.4 is 5.32 Å². The predicted molar refractivity (Wildman–Crippen MR) is 80.2 cm³/mol. The summed E-state index contributed by atoms with van der Waals surface area (Å²) in [5.74, 6) is 2.72. The van der Waals surface area contributed by atoms with Crippen molar-refractivity contribution in [1.82, 2.24) is 9.88 Å². The van der Waals surface area contributed by atoms with Crippen LogP contribution in [-0.4, -0.2) is 35.6 Å². The molecule has 2 N–H and O–H groups in total. The van der Waals surface area contributed by atoms with Gasteiger partial charge >= 0.3 is 0 Å². The van der Waals surface area contributed by atoms with Gasteiger partial charge < -0.3 is 10.3 Å². The van der Waals surface area contributed by atoms with Crippen LogP contribution in [0.2, 0.25) is 0 Å². The number of hydrogen-bond donors (Lipinski definition) is 2. The highest BCUT2D eigenvalue weighted by Gasteiger charge is 2.18. The maximum atomic E-state index is 5.35. The molecule has 3 heteroatoms. The summed E-state index contributed by atoms with van der Waals surface area (Å²) in [5.41, 5.74) is 2.40. The number of hydrogen-bond acceptors (Lipinski definition) is 2. The van der Waals surface area contributed by atoms with Crippen molar-refractivity contribution in [2.24, 2.45) is 0 Å². The Balaban J connectivity index is 1.61. The molecule has 0 atom stereocenters. The number of H-pyrrole nitrogens is 1. The first-order valence-electron chi connectivity index (χ1n) is 6.84. The Labute approximate surface area is 114 Å². The molecule has 0 bridgehead atoms. The van der Waals surface area contributed by atoms with Gasteiger partial charge in [-0.2, -0.15) is 0 Å². The first kappa shape index (κ1) is 12.1.